The first-order valence-corrected chi connectivity index (χ1v) is 7.17. The number of fused-ring (bicyclic) bond motifs is 1. The van der Waals surface area contributed by atoms with E-state index in [1.54, 1.807) is 0 Å². The van der Waals surface area contributed by atoms with E-state index in [0.29, 0.717) is 0 Å². The highest BCUT2D eigenvalue weighted by atomic mass is 16.5. The van der Waals surface area contributed by atoms with E-state index in [0.717, 1.165) is 62.5 Å². The van der Waals surface area contributed by atoms with Gasteiger partial charge in [-0.2, -0.15) is 0 Å². The van der Waals surface area contributed by atoms with Crippen molar-refractivity contribution in [2.24, 2.45) is 0 Å². The summed E-state index contributed by atoms with van der Waals surface area (Å²) in [5, 5.41) is 3.47. The number of ether oxygens (including phenoxy) is 1. The summed E-state index contributed by atoms with van der Waals surface area (Å²) in [4.78, 5) is 11.2. The lowest BCUT2D eigenvalue weighted by Gasteiger charge is -2.26. The normalized spacial score (nSPS) is 16.4. The fourth-order valence-electron chi connectivity index (χ4n) is 2.47. The maximum Gasteiger partial charge on any atom is 0.112 e. The molecule has 3 heterocycles. The number of nitrogens with zero attached hydrogens (tertiary/aromatic N) is 3. The van der Waals surface area contributed by atoms with E-state index in [4.69, 9.17) is 4.74 Å². The maximum atomic E-state index is 5.35. The molecule has 3 rings (SSSR count). The van der Waals surface area contributed by atoms with Gasteiger partial charge in [-0.3, -0.25) is 14.9 Å². The van der Waals surface area contributed by atoms with Gasteiger partial charge in [0.05, 0.1) is 24.4 Å². The van der Waals surface area contributed by atoms with Crippen LogP contribution in [0.4, 0.5) is 5.69 Å². The predicted octanol–water partition coefficient (Wildman–Crippen LogP) is 1.76. The number of morpholine rings is 1. The largest absolute Gasteiger partial charge is 0.383 e. The van der Waals surface area contributed by atoms with Gasteiger partial charge in [-0.05, 0) is 31.2 Å². The monoisotopic (exact) mass is 272 g/mol. The molecule has 0 atom stereocenters. The lowest BCUT2D eigenvalue weighted by atomic mass is 10.2. The van der Waals surface area contributed by atoms with Gasteiger partial charge in [-0.25, -0.2) is 0 Å². The summed E-state index contributed by atoms with van der Waals surface area (Å²) in [6.45, 7) is 5.91. The van der Waals surface area contributed by atoms with Gasteiger partial charge in [-0.1, -0.05) is 0 Å². The van der Waals surface area contributed by atoms with Crippen molar-refractivity contribution in [1.29, 1.82) is 0 Å². The second-order valence-corrected chi connectivity index (χ2v) is 4.96. The van der Waals surface area contributed by atoms with E-state index in [1.165, 1.54) is 0 Å². The zero-order valence-electron chi connectivity index (χ0n) is 11.6. The van der Waals surface area contributed by atoms with E-state index in [2.05, 4.69) is 20.2 Å². The molecule has 0 aromatic carbocycles. The lowest BCUT2D eigenvalue weighted by molar-refractivity contribution is 0.0378. The summed E-state index contributed by atoms with van der Waals surface area (Å²) in [5.74, 6) is 0. The average molecular weight is 272 g/mol. The number of anilines is 1. The van der Waals surface area contributed by atoms with Crippen molar-refractivity contribution in [1.82, 2.24) is 14.9 Å². The molecule has 1 fully saturated rings. The summed E-state index contributed by atoms with van der Waals surface area (Å²) in [6, 6.07) is 5.89. The van der Waals surface area contributed by atoms with Crippen molar-refractivity contribution in [2.45, 2.75) is 6.42 Å². The van der Waals surface area contributed by atoms with Crippen LogP contribution in [-0.4, -0.2) is 54.3 Å². The SMILES string of the molecule is c1cnc2c(NCCCN3CCOCC3)ccnc2c1. The minimum absolute atomic E-state index is 0.867. The van der Waals surface area contributed by atoms with Crippen LogP contribution in [0.3, 0.4) is 0 Å². The van der Waals surface area contributed by atoms with Gasteiger partial charge in [0.15, 0.2) is 0 Å². The Morgan fingerprint density at radius 3 is 2.95 bits per heavy atom. The van der Waals surface area contributed by atoms with Crippen molar-refractivity contribution in [3.05, 3.63) is 30.6 Å². The Morgan fingerprint density at radius 1 is 1.15 bits per heavy atom. The Morgan fingerprint density at radius 2 is 2.05 bits per heavy atom. The van der Waals surface area contributed by atoms with Crippen molar-refractivity contribution in [3.63, 3.8) is 0 Å². The Kier molecular flexibility index (Phi) is 4.40. The molecular formula is C15H20N4O. The molecule has 5 heteroatoms. The zero-order chi connectivity index (χ0) is 13.6. The number of nitrogens with one attached hydrogen (secondary N) is 1. The van der Waals surface area contributed by atoms with Crippen LogP contribution in [0.5, 0.6) is 0 Å². The van der Waals surface area contributed by atoms with Gasteiger partial charge < -0.3 is 10.1 Å². The molecule has 0 bridgehead atoms. The van der Waals surface area contributed by atoms with Crippen LogP contribution in [0.2, 0.25) is 0 Å². The van der Waals surface area contributed by atoms with Crippen LogP contribution in [0.15, 0.2) is 30.6 Å². The topological polar surface area (TPSA) is 50.3 Å². The first-order valence-electron chi connectivity index (χ1n) is 7.17. The number of aromatic nitrogens is 2. The number of hydrogen-bond donors (Lipinski definition) is 1. The molecular weight excluding hydrogens is 252 g/mol. The molecule has 0 spiro atoms. The smallest absolute Gasteiger partial charge is 0.112 e. The zero-order valence-corrected chi connectivity index (χ0v) is 11.6. The first kappa shape index (κ1) is 13.3. The minimum Gasteiger partial charge on any atom is -0.383 e. The first-order chi connectivity index (χ1) is 9.93. The van der Waals surface area contributed by atoms with E-state index in [9.17, 15) is 0 Å². The van der Waals surface area contributed by atoms with Gasteiger partial charge in [0.25, 0.3) is 0 Å². The lowest BCUT2D eigenvalue weighted by Crippen LogP contribution is -2.37. The molecule has 106 valence electrons. The molecule has 0 amide bonds. The highest BCUT2D eigenvalue weighted by Gasteiger charge is 2.09. The summed E-state index contributed by atoms with van der Waals surface area (Å²) in [7, 11) is 0. The van der Waals surface area contributed by atoms with E-state index >= 15 is 0 Å². The third kappa shape index (κ3) is 3.23. The van der Waals surface area contributed by atoms with Gasteiger partial charge in [0.1, 0.15) is 5.52 Å². The third-order valence-corrected chi connectivity index (χ3v) is 3.57. The van der Waals surface area contributed by atoms with Crippen LogP contribution in [-0.2, 0) is 4.74 Å². The van der Waals surface area contributed by atoms with Gasteiger partial charge in [-0.15, -0.1) is 0 Å². The molecule has 5 nitrogen and oxygen atoms in total. The Hall–Kier alpha value is -1.72. The Balaban J connectivity index is 1.52. The molecule has 2 aromatic heterocycles. The quantitative estimate of drug-likeness (QED) is 0.841. The number of pyridine rings is 2. The summed E-state index contributed by atoms with van der Waals surface area (Å²) < 4.78 is 5.35. The van der Waals surface area contributed by atoms with Gasteiger partial charge in [0, 0.05) is 32.0 Å². The van der Waals surface area contributed by atoms with Crippen molar-refractivity contribution in [2.75, 3.05) is 44.7 Å². The Bertz CT molecular complexity index is 549. The molecule has 1 saturated heterocycles. The van der Waals surface area contributed by atoms with Crippen LogP contribution in [0.1, 0.15) is 6.42 Å². The predicted molar refractivity (Wildman–Crippen MR) is 79.9 cm³/mol. The van der Waals surface area contributed by atoms with Crippen LogP contribution in [0, 0.1) is 0 Å². The van der Waals surface area contributed by atoms with E-state index in [1.807, 2.05) is 30.6 Å². The van der Waals surface area contributed by atoms with Crippen molar-refractivity contribution in [3.8, 4) is 0 Å². The van der Waals surface area contributed by atoms with Gasteiger partial charge >= 0.3 is 0 Å². The Labute approximate surface area is 119 Å². The summed E-state index contributed by atoms with van der Waals surface area (Å²) in [6.07, 6.45) is 4.76. The third-order valence-electron chi connectivity index (χ3n) is 3.57. The molecule has 1 aliphatic rings. The summed E-state index contributed by atoms with van der Waals surface area (Å²) in [5.41, 5.74) is 2.95. The number of rotatable bonds is 5. The van der Waals surface area contributed by atoms with Crippen LogP contribution >= 0.6 is 0 Å². The standard InChI is InChI=1S/C15H20N4O/c1-3-13-15(18-5-1)14(4-7-17-13)16-6-2-8-19-9-11-20-12-10-19/h1,3-5,7H,2,6,8-12H2,(H,16,17). The highest BCUT2D eigenvalue weighted by molar-refractivity contribution is 5.86. The van der Waals surface area contributed by atoms with E-state index < -0.39 is 0 Å². The fourth-order valence-corrected chi connectivity index (χ4v) is 2.47. The number of hydrogen-bond acceptors (Lipinski definition) is 5. The molecule has 20 heavy (non-hydrogen) atoms. The summed E-state index contributed by atoms with van der Waals surface area (Å²) >= 11 is 0. The molecule has 0 aliphatic carbocycles. The van der Waals surface area contributed by atoms with Crippen LogP contribution in [0.25, 0.3) is 11.0 Å². The maximum absolute atomic E-state index is 5.35. The minimum atomic E-state index is 0.867. The van der Waals surface area contributed by atoms with Crippen LogP contribution < -0.4 is 5.32 Å². The second kappa shape index (κ2) is 6.63. The molecule has 0 unspecified atom stereocenters. The molecule has 1 aliphatic heterocycles. The molecule has 1 N–H and O–H groups in total. The van der Waals surface area contributed by atoms with Crippen molar-refractivity contribution < 1.29 is 4.74 Å². The molecule has 2 aromatic rings. The molecule has 0 radical (unpaired) electrons. The van der Waals surface area contributed by atoms with E-state index in [-0.39, 0.29) is 0 Å². The average Bonchev–Trinajstić information content (AvgIpc) is 2.53. The van der Waals surface area contributed by atoms with Crippen molar-refractivity contribution >= 4 is 16.7 Å². The fraction of sp³-hybridized carbons (Fsp3) is 0.467. The second-order valence-electron chi connectivity index (χ2n) is 4.96. The highest BCUT2D eigenvalue weighted by Crippen LogP contribution is 2.18. The van der Waals surface area contributed by atoms with Gasteiger partial charge in [0.2, 0.25) is 0 Å². The molecule has 0 saturated carbocycles.